The highest BCUT2D eigenvalue weighted by Crippen LogP contribution is 2.42. The minimum Gasteiger partial charge on any atom is -0.398 e. The second-order valence-corrected chi connectivity index (χ2v) is 6.17. The van der Waals surface area contributed by atoms with Crippen LogP contribution in [-0.2, 0) is 0 Å². The second kappa shape index (κ2) is 4.35. The molecule has 0 atom stereocenters. The molecule has 4 heteroatoms. The van der Waals surface area contributed by atoms with Crippen LogP contribution in [0.25, 0.3) is 22.4 Å². The molecule has 0 saturated heterocycles. The molecule has 4 rings (SSSR count). The number of anilines is 1. The van der Waals surface area contributed by atoms with E-state index in [0.29, 0.717) is 6.04 Å². The van der Waals surface area contributed by atoms with E-state index in [1.54, 1.807) is 0 Å². The van der Waals surface area contributed by atoms with E-state index in [0.717, 1.165) is 27.1 Å². The Balaban J connectivity index is 2.03. The number of aromatic nitrogens is 2. The standard InChI is InChI=1S/C16H14BrN3/c17-10-5-8-13(18)12(9-10)16-19-14-3-1-2-4-15(14)20(16)11-6-7-11/h1-5,8-9,11H,6-7,18H2. The molecule has 1 aliphatic rings. The topological polar surface area (TPSA) is 43.8 Å². The van der Waals surface area contributed by atoms with Crippen molar-refractivity contribution in [1.82, 2.24) is 9.55 Å². The van der Waals surface area contributed by atoms with Crippen LogP contribution >= 0.6 is 15.9 Å². The van der Waals surface area contributed by atoms with Gasteiger partial charge in [-0.2, -0.15) is 0 Å². The van der Waals surface area contributed by atoms with Crippen molar-refractivity contribution in [2.24, 2.45) is 0 Å². The molecule has 1 aromatic heterocycles. The van der Waals surface area contributed by atoms with Crippen molar-refractivity contribution in [3.05, 3.63) is 46.9 Å². The fourth-order valence-electron chi connectivity index (χ4n) is 2.66. The summed E-state index contributed by atoms with van der Waals surface area (Å²) in [7, 11) is 0. The van der Waals surface area contributed by atoms with Gasteiger partial charge in [-0.05, 0) is 43.2 Å². The largest absolute Gasteiger partial charge is 0.398 e. The Morgan fingerprint density at radius 1 is 1.15 bits per heavy atom. The van der Waals surface area contributed by atoms with E-state index in [1.165, 1.54) is 18.4 Å². The molecule has 1 heterocycles. The molecule has 0 radical (unpaired) electrons. The van der Waals surface area contributed by atoms with Gasteiger partial charge in [0.2, 0.25) is 0 Å². The monoisotopic (exact) mass is 327 g/mol. The predicted molar refractivity (Wildman–Crippen MR) is 85.6 cm³/mol. The van der Waals surface area contributed by atoms with Gasteiger partial charge in [-0.15, -0.1) is 0 Å². The number of imidazole rings is 1. The third-order valence-corrected chi connectivity index (χ3v) is 4.26. The number of benzene rings is 2. The zero-order valence-corrected chi connectivity index (χ0v) is 12.5. The zero-order chi connectivity index (χ0) is 13.7. The van der Waals surface area contributed by atoms with Gasteiger partial charge in [-0.3, -0.25) is 0 Å². The van der Waals surface area contributed by atoms with Gasteiger partial charge in [0.15, 0.2) is 0 Å². The van der Waals surface area contributed by atoms with Crippen LogP contribution < -0.4 is 5.73 Å². The summed E-state index contributed by atoms with van der Waals surface area (Å²) >= 11 is 3.52. The minimum absolute atomic E-state index is 0.566. The van der Waals surface area contributed by atoms with Gasteiger partial charge in [0, 0.05) is 21.8 Å². The molecule has 0 unspecified atom stereocenters. The summed E-state index contributed by atoms with van der Waals surface area (Å²) < 4.78 is 3.36. The van der Waals surface area contributed by atoms with Crippen LogP contribution in [0.15, 0.2) is 46.9 Å². The first-order chi connectivity index (χ1) is 9.74. The summed E-state index contributed by atoms with van der Waals surface area (Å²) in [5.41, 5.74) is 10.2. The van der Waals surface area contributed by atoms with Crippen molar-refractivity contribution < 1.29 is 0 Å². The molecule has 2 aromatic carbocycles. The fourth-order valence-corrected chi connectivity index (χ4v) is 3.02. The Hall–Kier alpha value is -1.81. The third-order valence-electron chi connectivity index (χ3n) is 3.76. The number of nitrogens with zero attached hydrogens (tertiary/aromatic N) is 2. The number of hydrogen-bond donors (Lipinski definition) is 1. The molecule has 0 bridgehead atoms. The average molecular weight is 328 g/mol. The Morgan fingerprint density at radius 3 is 2.75 bits per heavy atom. The second-order valence-electron chi connectivity index (χ2n) is 5.26. The highest BCUT2D eigenvalue weighted by Gasteiger charge is 2.29. The van der Waals surface area contributed by atoms with Crippen molar-refractivity contribution >= 4 is 32.7 Å². The molecular formula is C16H14BrN3. The minimum atomic E-state index is 0.566. The molecule has 1 aliphatic carbocycles. The first-order valence-electron chi connectivity index (χ1n) is 6.76. The molecule has 0 aliphatic heterocycles. The summed E-state index contributed by atoms with van der Waals surface area (Å²) in [4.78, 5) is 4.81. The summed E-state index contributed by atoms with van der Waals surface area (Å²) in [6, 6.07) is 14.8. The van der Waals surface area contributed by atoms with Crippen LogP contribution in [-0.4, -0.2) is 9.55 Å². The Kier molecular flexibility index (Phi) is 2.60. The normalized spacial score (nSPS) is 14.8. The lowest BCUT2D eigenvalue weighted by atomic mass is 10.1. The first-order valence-corrected chi connectivity index (χ1v) is 7.56. The zero-order valence-electron chi connectivity index (χ0n) is 10.9. The Bertz CT molecular complexity index is 803. The SMILES string of the molecule is Nc1ccc(Br)cc1-c1nc2ccccc2n1C1CC1. The lowest BCUT2D eigenvalue weighted by Crippen LogP contribution is -2.00. The number of nitrogens with two attached hydrogens (primary N) is 1. The van der Waals surface area contributed by atoms with Gasteiger partial charge >= 0.3 is 0 Å². The van der Waals surface area contributed by atoms with Crippen molar-refractivity contribution in [3.63, 3.8) is 0 Å². The number of nitrogen functional groups attached to an aromatic ring is 1. The van der Waals surface area contributed by atoms with Crippen LogP contribution in [0.4, 0.5) is 5.69 Å². The van der Waals surface area contributed by atoms with E-state index in [9.17, 15) is 0 Å². The van der Waals surface area contributed by atoms with E-state index in [2.05, 4.69) is 44.8 Å². The van der Waals surface area contributed by atoms with E-state index >= 15 is 0 Å². The highest BCUT2D eigenvalue weighted by atomic mass is 79.9. The maximum atomic E-state index is 6.16. The van der Waals surface area contributed by atoms with Crippen molar-refractivity contribution in [3.8, 4) is 11.4 Å². The average Bonchev–Trinajstić information content (AvgIpc) is 3.21. The number of halogens is 1. The van der Waals surface area contributed by atoms with Crippen LogP contribution in [0.1, 0.15) is 18.9 Å². The summed E-state index contributed by atoms with van der Waals surface area (Å²) in [6.45, 7) is 0. The Labute approximate surface area is 125 Å². The smallest absolute Gasteiger partial charge is 0.143 e. The first kappa shape index (κ1) is 12.0. The third kappa shape index (κ3) is 1.83. The van der Waals surface area contributed by atoms with E-state index in [-0.39, 0.29) is 0 Å². The lowest BCUT2D eigenvalue weighted by molar-refractivity contribution is 0.775. The molecule has 0 spiro atoms. The van der Waals surface area contributed by atoms with Crippen molar-refractivity contribution in [1.29, 1.82) is 0 Å². The molecular weight excluding hydrogens is 314 g/mol. The van der Waals surface area contributed by atoms with Gasteiger partial charge < -0.3 is 10.3 Å². The molecule has 1 fully saturated rings. The van der Waals surface area contributed by atoms with E-state index in [4.69, 9.17) is 10.7 Å². The highest BCUT2D eigenvalue weighted by molar-refractivity contribution is 9.10. The number of hydrogen-bond acceptors (Lipinski definition) is 2. The molecule has 2 N–H and O–H groups in total. The van der Waals surface area contributed by atoms with Gasteiger partial charge in [0.25, 0.3) is 0 Å². The van der Waals surface area contributed by atoms with Gasteiger partial charge in [-0.1, -0.05) is 28.1 Å². The number of rotatable bonds is 2. The number of fused-ring (bicyclic) bond motifs is 1. The predicted octanol–water partition coefficient (Wildman–Crippen LogP) is 4.38. The maximum Gasteiger partial charge on any atom is 0.143 e. The quantitative estimate of drug-likeness (QED) is 0.709. The molecule has 1 saturated carbocycles. The summed E-state index contributed by atoms with van der Waals surface area (Å²) in [5.74, 6) is 0.979. The van der Waals surface area contributed by atoms with Crippen LogP contribution in [0.2, 0.25) is 0 Å². The molecule has 0 amide bonds. The fraction of sp³-hybridized carbons (Fsp3) is 0.188. The van der Waals surface area contributed by atoms with Gasteiger partial charge in [-0.25, -0.2) is 4.98 Å². The van der Waals surface area contributed by atoms with Crippen molar-refractivity contribution in [2.75, 3.05) is 5.73 Å². The molecule has 20 heavy (non-hydrogen) atoms. The van der Waals surface area contributed by atoms with E-state index in [1.807, 2.05) is 18.2 Å². The molecule has 100 valence electrons. The Morgan fingerprint density at radius 2 is 1.95 bits per heavy atom. The van der Waals surface area contributed by atoms with Gasteiger partial charge in [0.1, 0.15) is 5.82 Å². The van der Waals surface area contributed by atoms with Crippen LogP contribution in [0.5, 0.6) is 0 Å². The molecule has 3 nitrogen and oxygen atoms in total. The van der Waals surface area contributed by atoms with E-state index < -0.39 is 0 Å². The number of para-hydroxylation sites is 2. The van der Waals surface area contributed by atoms with Crippen LogP contribution in [0, 0.1) is 0 Å². The lowest BCUT2D eigenvalue weighted by Gasteiger charge is -2.10. The summed E-state index contributed by atoms with van der Waals surface area (Å²) in [6.07, 6.45) is 2.45. The maximum absolute atomic E-state index is 6.16. The van der Waals surface area contributed by atoms with Crippen molar-refractivity contribution in [2.45, 2.75) is 18.9 Å². The molecule has 3 aromatic rings. The van der Waals surface area contributed by atoms with Gasteiger partial charge in [0.05, 0.1) is 11.0 Å². The van der Waals surface area contributed by atoms with Crippen LogP contribution in [0.3, 0.4) is 0 Å². The summed E-state index contributed by atoms with van der Waals surface area (Å²) in [5, 5.41) is 0.